The highest BCUT2D eigenvalue weighted by Crippen LogP contribution is 2.37. The molecule has 1 aromatic carbocycles. The van der Waals surface area contributed by atoms with Crippen LogP contribution in [0, 0.1) is 5.92 Å². The summed E-state index contributed by atoms with van der Waals surface area (Å²) in [6.45, 7) is 12.5. The molecule has 0 aromatic heterocycles. The van der Waals surface area contributed by atoms with E-state index in [1.54, 1.807) is 4.90 Å². The Balaban J connectivity index is 2.35. The molecule has 1 heterocycles. The van der Waals surface area contributed by atoms with E-state index in [4.69, 9.17) is 4.74 Å². The quantitative estimate of drug-likeness (QED) is 0.702. The van der Waals surface area contributed by atoms with Crippen molar-refractivity contribution >= 4 is 17.4 Å². The molecular formula is C16H21NO2. The summed E-state index contributed by atoms with van der Waals surface area (Å²) in [6.07, 6.45) is -0.292. The van der Waals surface area contributed by atoms with Crippen LogP contribution in [0.25, 0.3) is 5.57 Å². The van der Waals surface area contributed by atoms with Gasteiger partial charge in [0, 0.05) is 12.1 Å². The van der Waals surface area contributed by atoms with E-state index in [1.165, 1.54) is 0 Å². The minimum atomic E-state index is -0.482. The first-order valence-electron chi connectivity index (χ1n) is 6.58. The first-order chi connectivity index (χ1) is 8.79. The number of amides is 1. The Labute approximate surface area is 114 Å². The second-order valence-corrected chi connectivity index (χ2v) is 6.03. The molecule has 0 bridgehead atoms. The fourth-order valence-electron chi connectivity index (χ4n) is 2.22. The van der Waals surface area contributed by atoms with E-state index in [1.807, 2.05) is 45.0 Å². The Morgan fingerprint density at radius 2 is 2.00 bits per heavy atom. The molecule has 1 aromatic rings. The van der Waals surface area contributed by atoms with Gasteiger partial charge in [-0.25, -0.2) is 4.79 Å². The number of anilines is 1. The first-order valence-corrected chi connectivity index (χ1v) is 6.58. The Hall–Kier alpha value is -1.77. The molecule has 1 amide bonds. The number of benzene rings is 1. The van der Waals surface area contributed by atoms with E-state index in [-0.39, 0.29) is 12.0 Å². The predicted octanol–water partition coefficient (Wildman–Crippen LogP) is 4.09. The molecular weight excluding hydrogens is 238 g/mol. The molecule has 0 N–H and O–H groups in total. The maximum absolute atomic E-state index is 12.3. The van der Waals surface area contributed by atoms with Crippen molar-refractivity contribution in [2.75, 3.05) is 11.4 Å². The van der Waals surface area contributed by atoms with Gasteiger partial charge in [0.1, 0.15) is 5.60 Å². The maximum Gasteiger partial charge on any atom is 0.414 e. The Bertz CT molecular complexity index is 514. The van der Waals surface area contributed by atoms with Crippen molar-refractivity contribution in [1.82, 2.24) is 0 Å². The predicted molar refractivity (Wildman–Crippen MR) is 78.2 cm³/mol. The van der Waals surface area contributed by atoms with Crippen LogP contribution in [-0.4, -0.2) is 18.2 Å². The largest absolute Gasteiger partial charge is 0.443 e. The van der Waals surface area contributed by atoms with Crippen LogP contribution >= 0.6 is 0 Å². The molecule has 1 aliphatic rings. The third-order valence-electron chi connectivity index (χ3n) is 3.21. The highest BCUT2D eigenvalue weighted by molar-refractivity contribution is 5.94. The normalized spacial score (nSPS) is 19.1. The van der Waals surface area contributed by atoms with Gasteiger partial charge in [-0.15, -0.1) is 0 Å². The monoisotopic (exact) mass is 259 g/mol. The van der Waals surface area contributed by atoms with E-state index >= 15 is 0 Å². The molecule has 0 fully saturated rings. The lowest BCUT2D eigenvalue weighted by atomic mass is 9.89. The minimum Gasteiger partial charge on any atom is -0.443 e. The molecule has 3 heteroatoms. The fourth-order valence-corrected chi connectivity index (χ4v) is 2.22. The van der Waals surface area contributed by atoms with Crippen molar-refractivity contribution in [3.05, 3.63) is 36.4 Å². The van der Waals surface area contributed by atoms with Gasteiger partial charge in [-0.1, -0.05) is 31.7 Å². The zero-order chi connectivity index (χ0) is 14.2. The summed E-state index contributed by atoms with van der Waals surface area (Å²) in [5, 5.41) is 0. The third kappa shape index (κ3) is 2.80. The van der Waals surface area contributed by atoms with E-state index in [0.717, 1.165) is 16.8 Å². The molecule has 2 rings (SSSR count). The molecule has 1 aliphatic heterocycles. The van der Waals surface area contributed by atoms with Crippen LogP contribution in [0.5, 0.6) is 0 Å². The molecule has 0 saturated carbocycles. The Kier molecular flexibility index (Phi) is 3.40. The van der Waals surface area contributed by atoms with E-state index < -0.39 is 5.60 Å². The minimum absolute atomic E-state index is 0.238. The number of rotatable bonds is 0. The summed E-state index contributed by atoms with van der Waals surface area (Å²) >= 11 is 0. The summed E-state index contributed by atoms with van der Waals surface area (Å²) < 4.78 is 5.47. The van der Waals surface area contributed by atoms with Crippen molar-refractivity contribution in [1.29, 1.82) is 0 Å². The average Bonchev–Trinajstić information content (AvgIpc) is 2.31. The number of hydrogen-bond donors (Lipinski definition) is 0. The topological polar surface area (TPSA) is 29.5 Å². The first kappa shape index (κ1) is 13.7. The van der Waals surface area contributed by atoms with Crippen molar-refractivity contribution in [2.45, 2.75) is 33.3 Å². The molecule has 0 spiro atoms. The fraction of sp³-hybridized carbons (Fsp3) is 0.438. The molecule has 0 radical (unpaired) electrons. The Morgan fingerprint density at radius 1 is 1.37 bits per heavy atom. The second kappa shape index (κ2) is 4.72. The number of nitrogens with zero attached hydrogens (tertiary/aromatic N) is 1. The van der Waals surface area contributed by atoms with Gasteiger partial charge in [0.05, 0.1) is 5.69 Å². The van der Waals surface area contributed by atoms with Crippen molar-refractivity contribution in [3.63, 3.8) is 0 Å². The molecule has 0 saturated heterocycles. The third-order valence-corrected chi connectivity index (χ3v) is 3.21. The van der Waals surface area contributed by atoms with Gasteiger partial charge in [-0.2, -0.15) is 0 Å². The van der Waals surface area contributed by atoms with Crippen molar-refractivity contribution in [2.24, 2.45) is 5.92 Å². The van der Waals surface area contributed by atoms with Crippen LogP contribution in [0.15, 0.2) is 30.8 Å². The van der Waals surface area contributed by atoms with Crippen LogP contribution in [-0.2, 0) is 4.74 Å². The molecule has 19 heavy (non-hydrogen) atoms. The van der Waals surface area contributed by atoms with Crippen molar-refractivity contribution < 1.29 is 9.53 Å². The lowest BCUT2D eigenvalue weighted by Gasteiger charge is -2.35. The summed E-state index contributed by atoms with van der Waals surface area (Å²) in [4.78, 5) is 14.0. The van der Waals surface area contributed by atoms with Gasteiger partial charge >= 0.3 is 6.09 Å². The molecule has 0 aliphatic carbocycles. The SMILES string of the molecule is C=C1c2ccccc2N(C(=O)OC(C)(C)C)CC1C. The Morgan fingerprint density at radius 3 is 2.63 bits per heavy atom. The van der Waals surface area contributed by atoms with E-state index in [2.05, 4.69) is 13.5 Å². The van der Waals surface area contributed by atoms with E-state index in [9.17, 15) is 4.79 Å². The van der Waals surface area contributed by atoms with Gasteiger partial charge < -0.3 is 4.74 Å². The van der Waals surface area contributed by atoms with Crippen LogP contribution < -0.4 is 4.90 Å². The van der Waals surface area contributed by atoms with Crippen LogP contribution in [0.3, 0.4) is 0 Å². The summed E-state index contributed by atoms with van der Waals surface area (Å²) in [7, 11) is 0. The summed E-state index contributed by atoms with van der Waals surface area (Å²) in [5.41, 5.74) is 2.52. The molecule has 102 valence electrons. The zero-order valence-electron chi connectivity index (χ0n) is 12.1. The van der Waals surface area contributed by atoms with Gasteiger partial charge in [0.2, 0.25) is 0 Å². The standard InChI is InChI=1S/C16H21NO2/c1-11-10-17(15(18)19-16(3,4)5)14-9-7-6-8-13(14)12(11)2/h6-9,11H,2,10H2,1,3-5H3. The van der Waals surface area contributed by atoms with Crippen molar-refractivity contribution in [3.8, 4) is 0 Å². The van der Waals surface area contributed by atoms with E-state index in [0.29, 0.717) is 6.54 Å². The second-order valence-electron chi connectivity index (χ2n) is 6.03. The molecule has 1 atom stereocenters. The highest BCUT2D eigenvalue weighted by atomic mass is 16.6. The molecule has 1 unspecified atom stereocenters. The van der Waals surface area contributed by atoms with Gasteiger partial charge in [-0.3, -0.25) is 4.90 Å². The lowest BCUT2D eigenvalue weighted by Crippen LogP contribution is -2.42. The number of ether oxygens (including phenoxy) is 1. The number of hydrogen-bond acceptors (Lipinski definition) is 2. The van der Waals surface area contributed by atoms with Crippen LogP contribution in [0.4, 0.5) is 10.5 Å². The average molecular weight is 259 g/mol. The number of carbonyl (C=O) groups is 1. The van der Waals surface area contributed by atoms with Crippen LogP contribution in [0.1, 0.15) is 33.3 Å². The summed E-state index contributed by atoms with van der Waals surface area (Å²) in [5.74, 6) is 0.238. The van der Waals surface area contributed by atoms with Crippen LogP contribution in [0.2, 0.25) is 0 Å². The number of fused-ring (bicyclic) bond motifs is 1. The lowest BCUT2D eigenvalue weighted by molar-refractivity contribution is 0.0576. The molecule has 3 nitrogen and oxygen atoms in total. The number of para-hydroxylation sites is 1. The maximum atomic E-state index is 12.3. The smallest absolute Gasteiger partial charge is 0.414 e. The highest BCUT2D eigenvalue weighted by Gasteiger charge is 2.31. The zero-order valence-corrected chi connectivity index (χ0v) is 12.1. The van der Waals surface area contributed by atoms with Gasteiger partial charge in [-0.05, 0) is 38.3 Å². The van der Waals surface area contributed by atoms with Gasteiger partial charge in [0.25, 0.3) is 0 Å². The summed E-state index contributed by atoms with van der Waals surface area (Å²) in [6, 6.07) is 7.84. The number of carbonyl (C=O) groups excluding carboxylic acids is 1. The van der Waals surface area contributed by atoms with Gasteiger partial charge in [0.15, 0.2) is 0 Å².